The van der Waals surface area contributed by atoms with Crippen LogP contribution in [0.5, 0.6) is 0 Å². The van der Waals surface area contributed by atoms with Gasteiger partial charge in [-0.3, -0.25) is 9.69 Å². The number of hydrogen-bond donors (Lipinski definition) is 1. The lowest BCUT2D eigenvalue weighted by Gasteiger charge is -2.30. The zero-order valence-electron chi connectivity index (χ0n) is 11.8. The summed E-state index contributed by atoms with van der Waals surface area (Å²) in [4.78, 5) is 17.4. The molecule has 1 amide bonds. The average Bonchev–Trinajstić information content (AvgIpc) is 2.72. The molecule has 1 aromatic heterocycles. The van der Waals surface area contributed by atoms with Crippen molar-refractivity contribution in [3.8, 4) is 0 Å². The van der Waals surface area contributed by atoms with Crippen molar-refractivity contribution in [1.82, 2.24) is 9.80 Å². The molecule has 0 saturated carbocycles. The van der Waals surface area contributed by atoms with Gasteiger partial charge in [-0.1, -0.05) is 0 Å². The van der Waals surface area contributed by atoms with Crippen LogP contribution in [0.3, 0.4) is 0 Å². The summed E-state index contributed by atoms with van der Waals surface area (Å²) in [5.74, 6) is 0.142. The molecule has 4 nitrogen and oxygen atoms in total. The van der Waals surface area contributed by atoms with Crippen LogP contribution < -0.4 is 0 Å². The lowest BCUT2D eigenvalue weighted by atomic mass is 10.1. The molecule has 1 aliphatic heterocycles. The smallest absolute Gasteiger partial charge is 0.237 e. The van der Waals surface area contributed by atoms with E-state index in [9.17, 15) is 9.90 Å². The minimum absolute atomic E-state index is 0.142. The SMILES string of the molecule is CN(CC(=O)N1CCc2sccc2C1)CC(C)(C)O. The van der Waals surface area contributed by atoms with E-state index in [0.29, 0.717) is 13.1 Å². The summed E-state index contributed by atoms with van der Waals surface area (Å²) in [7, 11) is 1.87. The van der Waals surface area contributed by atoms with Crippen LogP contribution in [0.4, 0.5) is 0 Å². The van der Waals surface area contributed by atoms with E-state index in [2.05, 4.69) is 11.4 Å². The predicted molar refractivity (Wildman–Crippen MR) is 77.2 cm³/mol. The third-order valence-electron chi connectivity index (χ3n) is 3.22. The Bertz CT molecular complexity index is 451. The summed E-state index contributed by atoms with van der Waals surface area (Å²) in [6, 6.07) is 2.11. The van der Waals surface area contributed by atoms with Gasteiger partial charge in [-0.25, -0.2) is 0 Å². The van der Waals surface area contributed by atoms with Crippen LogP contribution >= 0.6 is 11.3 Å². The molecule has 0 radical (unpaired) electrons. The standard InChI is InChI=1S/C14H22N2O2S/c1-14(2,18)10-15(3)9-13(17)16-6-4-12-11(8-16)5-7-19-12/h5,7,18H,4,6,8-10H2,1-3H3. The fourth-order valence-electron chi connectivity index (χ4n) is 2.51. The summed E-state index contributed by atoms with van der Waals surface area (Å²) >= 11 is 1.78. The Balaban J connectivity index is 1.88. The first-order chi connectivity index (χ1) is 8.85. The molecule has 1 N–H and O–H groups in total. The molecular formula is C14H22N2O2S. The molecule has 1 aromatic rings. The van der Waals surface area contributed by atoms with Gasteiger partial charge < -0.3 is 10.0 Å². The highest BCUT2D eigenvalue weighted by atomic mass is 32.1. The van der Waals surface area contributed by atoms with Gasteiger partial charge in [0.2, 0.25) is 5.91 Å². The van der Waals surface area contributed by atoms with Gasteiger partial charge in [0.05, 0.1) is 12.1 Å². The molecule has 0 saturated heterocycles. The molecule has 0 fully saturated rings. The molecule has 19 heavy (non-hydrogen) atoms. The van der Waals surface area contributed by atoms with E-state index in [4.69, 9.17) is 0 Å². The highest BCUT2D eigenvalue weighted by Crippen LogP contribution is 2.24. The second-order valence-electron chi connectivity index (χ2n) is 5.92. The van der Waals surface area contributed by atoms with Gasteiger partial charge in [0, 0.05) is 24.5 Å². The van der Waals surface area contributed by atoms with Gasteiger partial charge in [-0.15, -0.1) is 11.3 Å². The van der Waals surface area contributed by atoms with E-state index in [1.54, 1.807) is 25.2 Å². The van der Waals surface area contributed by atoms with Crippen LogP contribution in [0.1, 0.15) is 24.3 Å². The zero-order chi connectivity index (χ0) is 14.0. The molecule has 5 heteroatoms. The summed E-state index contributed by atoms with van der Waals surface area (Å²) in [6.07, 6.45) is 0.966. The maximum Gasteiger partial charge on any atom is 0.237 e. The molecule has 0 atom stereocenters. The second-order valence-corrected chi connectivity index (χ2v) is 6.92. The van der Waals surface area contributed by atoms with Crippen LogP contribution in [-0.2, 0) is 17.8 Å². The molecule has 1 aliphatic rings. The minimum atomic E-state index is -0.766. The molecule has 106 valence electrons. The van der Waals surface area contributed by atoms with E-state index in [0.717, 1.165) is 19.5 Å². The van der Waals surface area contributed by atoms with Gasteiger partial charge >= 0.3 is 0 Å². The predicted octanol–water partition coefficient (Wildman–Crippen LogP) is 1.34. The van der Waals surface area contributed by atoms with Crippen molar-refractivity contribution in [2.45, 2.75) is 32.4 Å². The number of carbonyl (C=O) groups is 1. The van der Waals surface area contributed by atoms with Crippen LogP contribution in [0.15, 0.2) is 11.4 Å². The minimum Gasteiger partial charge on any atom is -0.389 e. The molecular weight excluding hydrogens is 260 g/mol. The summed E-state index contributed by atoms with van der Waals surface area (Å²) in [6.45, 7) is 5.91. The maximum atomic E-state index is 12.2. The number of fused-ring (bicyclic) bond motifs is 1. The summed E-state index contributed by atoms with van der Waals surface area (Å²) in [5.41, 5.74) is 0.520. The number of carbonyl (C=O) groups excluding carboxylic acids is 1. The topological polar surface area (TPSA) is 43.8 Å². The number of aliphatic hydroxyl groups is 1. The van der Waals surface area contributed by atoms with Crippen molar-refractivity contribution in [1.29, 1.82) is 0 Å². The van der Waals surface area contributed by atoms with E-state index in [1.807, 2.05) is 16.8 Å². The van der Waals surface area contributed by atoms with Gasteiger partial charge in [0.25, 0.3) is 0 Å². The monoisotopic (exact) mass is 282 g/mol. The van der Waals surface area contributed by atoms with Crippen molar-refractivity contribution in [3.63, 3.8) is 0 Å². The van der Waals surface area contributed by atoms with Crippen molar-refractivity contribution in [3.05, 3.63) is 21.9 Å². The Morgan fingerprint density at radius 3 is 3.00 bits per heavy atom. The Labute approximate surface area is 118 Å². The quantitative estimate of drug-likeness (QED) is 0.906. The number of hydrogen-bond acceptors (Lipinski definition) is 4. The van der Waals surface area contributed by atoms with Crippen molar-refractivity contribution < 1.29 is 9.90 Å². The lowest BCUT2D eigenvalue weighted by molar-refractivity contribution is -0.133. The fourth-order valence-corrected chi connectivity index (χ4v) is 3.40. The number of rotatable bonds is 4. The maximum absolute atomic E-state index is 12.2. The normalized spacial score (nSPS) is 15.7. The molecule has 0 spiro atoms. The van der Waals surface area contributed by atoms with Crippen molar-refractivity contribution in [2.24, 2.45) is 0 Å². The van der Waals surface area contributed by atoms with Crippen molar-refractivity contribution in [2.75, 3.05) is 26.7 Å². The molecule has 0 aromatic carbocycles. The first-order valence-electron chi connectivity index (χ1n) is 6.59. The summed E-state index contributed by atoms with van der Waals surface area (Å²) < 4.78 is 0. The van der Waals surface area contributed by atoms with Crippen LogP contribution in [0.25, 0.3) is 0 Å². The molecule has 2 heterocycles. The van der Waals surface area contributed by atoms with Gasteiger partial charge in [-0.05, 0) is 44.3 Å². The van der Waals surface area contributed by atoms with Crippen molar-refractivity contribution >= 4 is 17.2 Å². The van der Waals surface area contributed by atoms with E-state index >= 15 is 0 Å². The fraction of sp³-hybridized carbons (Fsp3) is 0.643. The molecule has 0 bridgehead atoms. The average molecular weight is 282 g/mol. The van der Waals surface area contributed by atoms with Crippen LogP contribution in [-0.4, -0.2) is 53.1 Å². The van der Waals surface area contributed by atoms with E-state index in [-0.39, 0.29) is 5.91 Å². The highest BCUT2D eigenvalue weighted by molar-refractivity contribution is 7.10. The van der Waals surface area contributed by atoms with Gasteiger partial charge in [0.1, 0.15) is 0 Å². The second kappa shape index (κ2) is 5.61. The highest BCUT2D eigenvalue weighted by Gasteiger charge is 2.23. The number of nitrogens with zero attached hydrogens (tertiary/aromatic N) is 2. The van der Waals surface area contributed by atoms with Gasteiger partial charge in [0.15, 0.2) is 0 Å². The molecule has 0 aliphatic carbocycles. The lowest BCUT2D eigenvalue weighted by Crippen LogP contribution is -2.44. The Kier molecular flexibility index (Phi) is 4.28. The first kappa shape index (κ1) is 14.5. The van der Waals surface area contributed by atoms with Crippen LogP contribution in [0, 0.1) is 0 Å². The first-order valence-corrected chi connectivity index (χ1v) is 7.47. The number of amides is 1. The van der Waals surface area contributed by atoms with E-state index < -0.39 is 5.60 Å². The number of likely N-dealkylation sites (N-methyl/N-ethyl adjacent to an activating group) is 1. The largest absolute Gasteiger partial charge is 0.389 e. The van der Waals surface area contributed by atoms with Crippen LogP contribution in [0.2, 0.25) is 0 Å². The Hall–Kier alpha value is -0.910. The Morgan fingerprint density at radius 2 is 2.32 bits per heavy atom. The number of thiophene rings is 1. The molecule has 0 unspecified atom stereocenters. The van der Waals surface area contributed by atoms with E-state index in [1.165, 1.54) is 10.4 Å². The third kappa shape index (κ3) is 4.03. The Morgan fingerprint density at radius 1 is 1.58 bits per heavy atom. The third-order valence-corrected chi connectivity index (χ3v) is 4.25. The zero-order valence-corrected chi connectivity index (χ0v) is 12.7. The van der Waals surface area contributed by atoms with Gasteiger partial charge in [-0.2, -0.15) is 0 Å². The molecule has 2 rings (SSSR count). The summed E-state index contributed by atoms with van der Waals surface area (Å²) in [5, 5.41) is 11.8.